The van der Waals surface area contributed by atoms with E-state index in [1.807, 2.05) is 0 Å². The molecule has 1 N–H and O–H groups in total. The van der Waals surface area contributed by atoms with Crippen molar-refractivity contribution in [1.29, 1.82) is 0 Å². The molecule has 0 aliphatic carbocycles. The third-order valence-electron chi connectivity index (χ3n) is 2.27. The van der Waals surface area contributed by atoms with Gasteiger partial charge in [-0.2, -0.15) is 0 Å². The van der Waals surface area contributed by atoms with Crippen LogP contribution in [0.5, 0.6) is 5.75 Å². The van der Waals surface area contributed by atoms with Crippen molar-refractivity contribution >= 4 is 11.7 Å². The topological polar surface area (TPSA) is 116 Å². The molecule has 1 aromatic heterocycles. The summed E-state index contributed by atoms with van der Waals surface area (Å²) in [5, 5.41) is 22.6. The largest absolute Gasteiger partial charge is 0.478 e. The van der Waals surface area contributed by atoms with Gasteiger partial charge >= 0.3 is 11.7 Å². The smallest absolute Gasteiger partial charge is 0.358 e. The minimum Gasteiger partial charge on any atom is -0.478 e. The van der Waals surface area contributed by atoms with Gasteiger partial charge in [-0.05, 0) is 6.07 Å². The molecule has 9 heteroatoms. The fourth-order valence-electron chi connectivity index (χ4n) is 1.39. The lowest BCUT2D eigenvalue weighted by molar-refractivity contribution is -0.386. The molecule has 0 radical (unpaired) electrons. The van der Waals surface area contributed by atoms with Crippen molar-refractivity contribution in [3.8, 4) is 5.75 Å². The fraction of sp³-hybridized carbons (Fsp3) is 0.0909. The van der Waals surface area contributed by atoms with Gasteiger partial charge in [-0.15, -0.1) is 0 Å². The maximum atomic E-state index is 13.0. The van der Waals surface area contributed by atoms with Crippen molar-refractivity contribution < 1.29 is 28.5 Å². The molecule has 0 fully saturated rings. The van der Waals surface area contributed by atoms with Crippen molar-refractivity contribution in [2.45, 2.75) is 6.61 Å². The van der Waals surface area contributed by atoms with E-state index in [0.29, 0.717) is 0 Å². The second-order valence-electron chi connectivity index (χ2n) is 3.64. The molecule has 0 saturated carbocycles. The summed E-state index contributed by atoms with van der Waals surface area (Å²) in [6.45, 7) is -0.315. The Kier molecular flexibility index (Phi) is 3.60. The molecule has 0 unspecified atom stereocenters. The van der Waals surface area contributed by atoms with Crippen LogP contribution in [0.1, 0.15) is 16.2 Å². The molecular weight excluding hydrogens is 275 g/mol. The van der Waals surface area contributed by atoms with E-state index in [1.165, 1.54) is 0 Å². The number of hydrogen-bond donors (Lipinski definition) is 1. The van der Waals surface area contributed by atoms with E-state index in [9.17, 15) is 19.3 Å². The summed E-state index contributed by atoms with van der Waals surface area (Å²) in [6, 6.07) is 3.86. The van der Waals surface area contributed by atoms with Gasteiger partial charge < -0.3 is 14.4 Å². The molecule has 0 aliphatic heterocycles. The number of carboxylic acid groups (broad SMARTS) is 1. The van der Waals surface area contributed by atoms with Crippen molar-refractivity contribution in [2.75, 3.05) is 0 Å². The average molecular weight is 282 g/mol. The van der Waals surface area contributed by atoms with Gasteiger partial charge in [-0.3, -0.25) is 10.1 Å². The molecule has 8 nitrogen and oxygen atoms in total. The number of halogens is 1. The number of nitro groups is 1. The van der Waals surface area contributed by atoms with E-state index >= 15 is 0 Å². The van der Waals surface area contributed by atoms with E-state index in [1.54, 1.807) is 0 Å². The Morgan fingerprint density at radius 1 is 1.50 bits per heavy atom. The molecule has 0 aliphatic rings. The maximum Gasteiger partial charge on any atom is 0.358 e. The number of carbonyl (C=O) groups is 1. The Labute approximate surface area is 110 Å². The Bertz CT molecular complexity index is 669. The second-order valence-corrected chi connectivity index (χ2v) is 3.64. The van der Waals surface area contributed by atoms with Gasteiger partial charge in [0.15, 0.2) is 17.2 Å². The first-order valence-corrected chi connectivity index (χ1v) is 5.23. The van der Waals surface area contributed by atoms with Crippen molar-refractivity contribution in [2.24, 2.45) is 0 Å². The summed E-state index contributed by atoms with van der Waals surface area (Å²) >= 11 is 0. The summed E-state index contributed by atoms with van der Waals surface area (Å²) in [6.07, 6.45) is 0. The number of aromatic carboxylic acids is 1. The average Bonchev–Trinajstić information content (AvgIpc) is 2.85. The number of ether oxygens (including phenoxy) is 1. The van der Waals surface area contributed by atoms with Crippen LogP contribution in [-0.4, -0.2) is 21.2 Å². The molecule has 1 aromatic carbocycles. The lowest BCUT2D eigenvalue weighted by Gasteiger charge is -2.04. The van der Waals surface area contributed by atoms with Gasteiger partial charge in [0.2, 0.25) is 0 Å². The number of rotatable bonds is 5. The first-order valence-electron chi connectivity index (χ1n) is 5.23. The monoisotopic (exact) mass is 282 g/mol. The normalized spacial score (nSPS) is 10.2. The van der Waals surface area contributed by atoms with Crippen LogP contribution in [0.15, 0.2) is 28.8 Å². The third kappa shape index (κ3) is 2.88. The Morgan fingerprint density at radius 2 is 2.25 bits per heavy atom. The van der Waals surface area contributed by atoms with Crippen molar-refractivity contribution in [1.82, 2.24) is 5.16 Å². The second kappa shape index (κ2) is 5.34. The molecular formula is C11H7FN2O6. The molecule has 2 aromatic rings. The Morgan fingerprint density at radius 3 is 2.85 bits per heavy atom. The highest BCUT2D eigenvalue weighted by Gasteiger charge is 2.17. The van der Waals surface area contributed by atoms with Crippen LogP contribution in [0.4, 0.5) is 10.1 Å². The standard InChI is InChI=1S/C11H7FN2O6/c12-6-1-2-9(14(17)18)10(3-6)19-5-7-4-8(11(15)16)13-20-7/h1-4H,5H2,(H,15,16). The van der Waals surface area contributed by atoms with E-state index in [0.717, 1.165) is 24.3 Å². The van der Waals surface area contributed by atoms with Crippen molar-refractivity contribution in [3.05, 3.63) is 51.7 Å². The first-order chi connectivity index (χ1) is 9.47. The van der Waals surface area contributed by atoms with Crippen LogP contribution in [0.25, 0.3) is 0 Å². The molecule has 104 valence electrons. The first kappa shape index (κ1) is 13.5. The number of hydrogen-bond acceptors (Lipinski definition) is 6. The summed E-state index contributed by atoms with van der Waals surface area (Å²) < 4.78 is 22.7. The van der Waals surface area contributed by atoms with Crippen LogP contribution in [-0.2, 0) is 6.61 Å². The minimum absolute atomic E-state index is 0.0426. The summed E-state index contributed by atoms with van der Waals surface area (Å²) in [4.78, 5) is 20.6. The zero-order valence-corrected chi connectivity index (χ0v) is 9.78. The van der Waals surface area contributed by atoms with Gasteiger partial charge in [0.25, 0.3) is 0 Å². The number of benzene rings is 1. The lowest BCUT2D eigenvalue weighted by Crippen LogP contribution is -1.99. The minimum atomic E-state index is -1.28. The Balaban J connectivity index is 2.15. The fourth-order valence-corrected chi connectivity index (χ4v) is 1.39. The predicted octanol–water partition coefficient (Wildman–Crippen LogP) is 2.00. The number of nitro benzene ring substituents is 1. The van der Waals surface area contributed by atoms with Crippen LogP contribution >= 0.6 is 0 Å². The van der Waals surface area contributed by atoms with Crippen LogP contribution < -0.4 is 4.74 Å². The van der Waals surface area contributed by atoms with Crippen LogP contribution in [0.2, 0.25) is 0 Å². The highest BCUT2D eigenvalue weighted by molar-refractivity contribution is 5.85. The van der Waals surface area contributed by atoms with Gasteiger partial charge in [0, 0.05) is 18.2 Å². The summed E-state index contributed by atoms with van der Waals surface area (Å²) in [7, 11) is 0. The van der Waals surface area contributed by atoms with Gasteiger partial charge in [0.05, 0.1) is 4.92 Å². The van der Waals surface area contributed by atoms with Crippen molar-refractivity contribution in [3.63, 3.8) is 0 Å². The Hall–Kier alpha value is -2.97. The molecule has 0 saturated heterocycles. The summed E-state index contributed by atoms with van der Waals surface area (Å²) in [5.41, 5.74) is -0.735. The maximum absolute atomic E-state index is 13.0. The summed E-state index contributed by atoms with van der Waals surface area (Å²) in [5.74, 6) is -2.23. The number of nitrogens with zero attached hydrogens (tertiary/aromatic N) is 2. The van der Waals surface area contributed by atoms with E-state index in [2.05, 4.69) is 9.68 Å². The molecule has 2 rings (SSSR count). The van der Waals surface area contributed by atoms with Gasteiger partial charge in [-0.1, -0.05) is 5.16 Å². The van der Waals surface area contributed by atoms with E-state index in [4.69, 9.17) is 9.84 Å². The quantitative estimate of drug-likeness (QED) is 0.658. The van der Waals surface area contributed by atoms with E-state index < -0.39 is 22.4 Å². The molecule has 0 bridgehead atoms. The predicted molar refractivity (Wildman–Crippen MR) is 60.8 cm³/mol. The molecule has 1 heterocycles. The molecule has 0 spiro atoms. The third-order valence-corrected chi connectivity index (χ3v) is 2.27. The molecule has 20 heavy (non-hydrogen) atoms. The zero-order chi connectivity index (χ0) is 14.7. The highest BCUT2D eigenvalue weighted by atomic mass is 19.1. The highest BCUT2D eigenvalue weighted by Crippen LogP contribution is 2.28. The SMILES string of the molecule is O=C(O)c1cc(COc2cc(F)ccc2[N+](=O)[O-])on1. The number of aromatic nitrogens is 1. The van der Waals surface area contributed by atoms with Gasteiger partial charge in [0.1, 0.15) is 12.4 Å². The molecule has 0 amide bonds. The molecule has 0 atom stereocenters. The number of carboxylic acids is 1. The zero-order valence-electron chi connectivity index (χ0n) is 9.78. The van der Waals surface area contributed by atoms with Crippen LogP contribution in [0, 0.1) is 15.9 Å². The van der Waals surface area contributed by atoms with Gasteiger partial charge in [-0.25, -0.2) is 9.18 Å². The van der Waals surface area contributed by atoms with Crippen LogP contribution in [0.3, 0.4) is 0 Å². The van der Waals surface area contributed by atoms with E-state index in [-0.39, 0.29) is 23.8 Å². The lowest BCUT2D eigenvalue weighted by atomic mass is 10.3.